The molecule has 0 radical (unpaired) electrons. The van der Waals surface area contributed by atoms with Crippen LogP contribution >= 0.6 is 0 Å². The Balaban J connectivity index is 1.75. The third-order valence-electron chi connectivity index (χ3n) is 4.63. The van der Waals surface area contributed by atoms with Gasteiger partial charge >= 0.3 is 0 Å². The molecule has 5 nitrogen and oxygen atoms in total. The molecule has 3 rings (SSSR count). The minimum absolute atomic E-state index is 0.0243. The second kappa shape index (κ2) is 5.10. The number of rotatable bonds is 1. The smallest absolute Gasteiger partial charge is 0.298 e. The van der Waals surface area contributed by atoms with E-state index < -0.39 is 5.41 Å². The van der Waals surface area contributed by atoms with Gasteiger partial charge in [-0.05, 0) is 25.2 Å². The fraction of sp³-hybridized carbons (Fsp3) is 0.733. The van der Waals surface area contributed by atoms with E-state index in [-0.39, 0.29) is 17.7 Å². The van der Waals surface area contributed by atoms with Crippen LogP contribution in [0.4, 0.5) is 0 Å². The molecule has 2 amide bonds. The molecular weight excluding hydrogens is 256 g/mol. The monoisotopic (exact) mass is 276 g/mol. The summed E-state index contributed by atoms with van der Waals surface area (Å²) in [7, 11) is 1.65. The van der Waals surface area contributed by atoms with Gasteiger partial charge in [-0.15, -0.1) is 0 Å². The van der Waals surface area contributed by atoms with Crippen LogP contribution in [0.25, 0.3) is 0 Å². The summed E-state index contributed by atoms with van der Waals surface area (Å²) in [6, 6.07) is 0. The predicted molar refractivity (Wildman–Crippen MR) is 72.5 cm³/mol. The highest BCUT2D eigenvalue weighted by Crippen LogP contribution is 2.42. The Kier molecular flexibility index (Phi) is 3.43. The summed E-state index contributed by atoms with van der Waals surface area (Å²) in [5.74, 6) is 6.12. The Bertz CT molecular complexity index is 489. The Labute approximate surface area is 119 Å². The molecule has 2 heterocycles. The molecule has 2 saturated heterocycles. The van der Waals surface area contributed by atoms with Crippen LogP contribution in [-0.2, 0) is 14.3 Å². The highest BCUT2D eigenvalue weighted by molar-refractivity contribution is 5.95. The van der Waals surface area contributed by atoms with Gasteiger partial charge in [0, 0.05) is 38.6 Å². The van der Waals surface area contributed by atoms with Crippen molar-refractivity contribution in [3.8, 4) is 11.8 Å². The Morgan fingerprint density at radius 3 is 2.90 bits per heavy atom. The molecule has 0 unspecified atom stereocenters. The normalized spacial score (nSPS) is 32.0. The molecule has 1 N–H and O–H groups in total. The second-order valence-electron chi connectivity index (χ2n) is 5.99. The number of hydrogen-bond donors (Lipinski definition) is 1. The van der Waals surface area contributed by atoms with Gasteiger partial charge in [0.05, 0.1) is 12.0 Å². The zero-order valence-electron chi connectivity index (χ0n) is 11.8. The number of carbonyl (C=O) groups excluding carboxylic acids is 2. The second-order valence-corrected chi connectivity index (χ2v) is 5.99. The van der Waals surface area contributed by atoms with Crippen molar-refractivity contribution >= 4 is 11.8 Å². The largest absolute Gasteiger partial charge is 0.381 e. The third kappa shape index (κ3) is 2.29. The number of nitrogens with zero attached hydrogens (tertiary/aromatic N) is 1. The summed E-state index contributed by atoms with van der Waals surface area (Å²) >= 11 is 0. The number of likely N-dealkylation sites (tertiary alicyclic amines) is 1. The van der Waals surface area contributed by atoms with Crippen molar-refractivity contribution in [1.29, 1.82) is 0 Å². The Morgan fingerprint density at radius 2 is 2.20 bits per heavy atom. The molecule has 108 valence electrons. The van der Waals surface area contributed by atoms with Gasteiger partial charge in [-0.2, -0.15) is 0 Å². The Hall–Kier alpha value is -1.54. The molecule has 1 aliphatic carbocycles. The van der Waals surface area contributed by atoms with E-state index in [9.17, 15) is 9.59 Å². The summed E-state index contributed by atoms with van der Waals surface area (Å²) in [6.45, 7) is 2.18. The predicted octanol–water partition coefficient (Wildman–Crippen LogP) is 0.0109. The molecule has 0 bridgehead atoms. The van der Waals surface area contributed by atoms with Crippen LogP contribution in [0.2, 0.25) is 0 Å². The van der Waals surface area contributed by atoms with Crippen LogP contribution in [0.5, 0.6) is 0 Å². The zero-order valence-corrected chi connectivity index (χ0v) is 11.8. The molecule has 0 aromatic heterocycles. The molecule has 20 heavy (non-hydrogen) atoms. The highest BCUT2D eigenvalue weighted by atomic mass is 16.5. The lowest BCUT2D eigenvalue weighted by molar-refractivity contribution is -0.138. The summed E-state index contributed by atoms with van der Waals surface area (Å²) in [5.41, 5.74) is -0.482. The van der Waals surface area contributed by atoms with Gasteiger partial charge < -0.3 is 15.0 Å². The fourth-order valence-corrected chi connectivity index (χ4v) is 3.20. The summed E-state index contributed by atoms with van der Waals surface area (Å²) in [5, 5.41) is 2.75. The van der Waals surface area contributed by atoms with E-state index in [0.717, 1.165) is 12.8 Å². The van der Waals surface area contributed by atoms with Crippen LogP contribution in [0.1, 0.15) is 19.3 Å². The topological polar surface area (TPSA) is 58.6 Å². The van der Waals surface area contributed by atoms with Crippen molar-refractivity contribution in [3.05, 3.63) is 0 Å². The van der Waals surface area contributed by atoms with Gasteiger partial charge in [0.15, 0.2) is 0 Å². The minimum atomic E-state index is -0.482. The number of nitrogens with one attached hydrogen (secondary N) is 1. The maximum absolute atomic E-state index is 12.3. The maximum Gasteiger partial charge on any atom is 0.298 e. The number of ether oxygens (including phenoxy) is 1. The average molecular weight is 276 g/mol. The van der Waals surface area contributed by atoms with Crippen molar-refractivity contribution < 1.29 is 14.3 Å². The lowest BCUT2D eigenvalue weighted by Gasteiger charge is -2.36. The van der Waals surface area contributed by atoms with Gasteiger partial charge in [-0.1, -0.05) is 5.92 Å². The highest BCUT2D eigenvalue weighted by Gasteiger charge is 2.54. The van der Waals surface area contributed by atoms with Gasteiger partial charge in [0.1, 0.15) is 0 Å². The fourth-order valence-electron chi connectivity index (χ4n) is 3.20. The minimum Gasteiger partial charge on any atom is -0.381 e. The number of amides is 2. The summed E-state index contributed by atoms with van der Waals surface area (Å²) < 4.78 is 5.49. The molecule has 0 spiro atoms. The zero-order chi connectivity index (χ0) is 14.2. The molecule has 3 fully saturated rings. The van der Waals surface area contributed by atoms with Gasteiger partial charge in [-0.3, -0.25) is 9.59 Å². The molecular formula is C15H20N2O3. The van der Waals surface area contributed by atoms with E-state index in [1.165, 1.54) is 0 Å². The molecule has 2 aliphatic heterocycles. The summed E-state index contributed by atoms with van der Waals surface area (Å²) in [6.07, 6.45) is 2.90. The molecule has 0 aromatic rings. The first-order chi connectivity index (χ1) is 9.65. The van der Waals surface area contributed by atoms with Gasteiger partial charge in [0.2, 0.25) is 5.91 Å². The molecule has 1 saturated carbocycles. The lowest BCUT2D eigenvalue weighted by atomic mass is 9.73. The number of hydrogen-bond acceptors (Lipinski definition) is 3. The van der Waals surface area contributed by atoms with Crippen molar-refractivity contribution in [2.45, 2.75) is 19.3 Å². The van der Waals surface area contributed by atoms with Crippen molar-refractivity contribution in [3.63, 3.8) is 0 Å². The molecule has 3 aliphatic rings. The van der Waals surface area contributed by atoms with Crippen molar-refractivity contribution in [1.82, 2.24) is 10.2 Å². The van der Waals surface area contributed by atoms with E-state index >= 15 is 0 Å². The molecule has 2 atom stereocenters. The SMILES string of the molecule is CNC(=O)[C@]12CCOC[C@H]1CN(C(=O)C#CC1CC1)C2. The van der Waals surface area contributed by atoms with Crippen LogP contribution in [0, 0.1) is 29.1 Å². The van der Waals surface area contributed by atoms with E-state index in [2.05, 4.69) is 17.2 Å². The Morgan fingerprint density at radius 1 is 1.40 bits per heavy atom. The number of fused-ring (bicyclic) bond motifs is 1. The van der Waals surface area contributed by atoms with Crippen molar-refractivity contribution in [2.75, 3.05) is 33.4 Å². The molecule has 0 aromatic carbocycles. The van der Waals surface area contributed by atoms with Crippen LogP contribution in [0.3, 0.4) is 0 Å². The third-order valence-corrected chi connectivity index (χ3v) is 4.63. The standard InChI is InChI=1S/C15H20N2O3/c1-16-14(19)15-6-7-20-9-12(15)8-17(10-15)13(18)5-4-11-2-3-11/h11-12H,2-3,6-10H2,1H3,(H,16,19)/t12-,15+/m1/s1. The van der Waals surface area contributed by atoms with Gasteiger partial charge in [-0.25, -0.2) is 0 Å². The maximum atomic E-state index is 12.3. The average Bonchev–Trinajstić information content (AvgIpc) is 3.21. The number of carbonyl (C=O) groups is 2. The van der Waals surface area contributed by atoms with Crippen LogP contribution in [-0.4, -0.2) is 50.1 Å². The first-order valence-corrected chi connectivity index (χ1v) is 7.26. The van der Waals surface area contributed by atoms with E-state index in [4.69, 9.17) is 4.74 Å². The first kappa shape index (κ1) is 13.4. The van der Waals surface area contributed by atoms with E-state index in [0.29, 0.717) is 38.6 Å². The van der Waals surface area contributed by atoms with Crippen LogP contribution in [0.15, 0.2) is 0 Å². The quantitative estimate of drug-likeness (QED) is 0.686. The van der Waals surface area contributed by atoms with E-state index in [1.807, 2.05) is 0 Å². The van der Waals surface area contributed by atoms with E-state index in [1.54, 1.807) is 11.9 Å². The van der Waals surface area contributed by atoms with Crippen molar-refractivity contribution in [2.24, 2.45) is 17.3 Å². The molecule has 5 heteroatoms. The first-order valence-electron chi connectivity index (χ1n) is 7.26. The summed E-state index contributed by atoms with van der Waals surface area (Å²) in [4.78, 5) is 26.2. The lowest BCUT2D eigenvalue weighted by Crippen LogP contribution is -2.49. The van der Waals surface area contributed by atoms with Crippen LogP contribution < -0.4 is 5.32 Å². The van der Waals surface area contributed by atoms with Gasteiger partial charge in [0.25, 0.3) is 5.91 Å².